The lowest BCUT2D eigenvalue weighted by atomic mass is 9.82. The van der Waals surface area contributed by atoms with Crippen molar-refractivity contribution in [3.63, 3.8) is 0 Å². The predicted molar refractivity (Wildman–Crippen MR) is 94.7 cm³/mol. The smallest absolute Gasteiger partial charge is 0.255 e. The zero-order valence-corrected chi connectivity index (χ0v) is 14.7. The van der Waals surface area contributed by atoms with E-state index in [9.17, 15) is 9.90 Å². The number of ether oxygens (including phenoxy) is 1. The summed E-state index contributed by atoms with van der Waals surface area (Å²) >= 11 is 0. The lowest BCUT2D eigenvalue weighted by Gasteiger charge is -2.47. The van der Waals surface area contributed by atoms with E-state index in [1.807, 2.05) is 17.0 Å². The minimum Gasteiger partial charge on any atom is -0.390 e. The summed E-state index contributed by atoms with van der Waals surface area (Å²) < 4.78 is 5.96. The molecule has 4 heterocycles. The topological polar surface area (TPSA) is 65.9 Å². The van der Waals surface area contributed by atoms with E-state index in [0.717, 1.165) is 77.1 Å². The van der Waals surface area contributed by atoms with Gasteiger partial charge in [0, 0.05) is 39.0 Å². The number of nitrogens with zero attached hydrogens (tertiary/aromatic N) is 3. The third kappa shape index (κ3) is 3.25. The third-order valence-electron chi connectivity index (χ3n) is 5.94. The Morgan fingerprint density at radius 3 is 2.56 bits per heavy atom. The van der Waals surface area contributed by atoms with E-state index in [2.05, 4.69) is 9.88 Å². The Balaban J connectivity index is 1.39. The molecule has 3 fully saturated rings. The summed E-state index contributed by atoms with van der Waals surface area (Å²) in [7, 11) is 0. The summed E-state index contributed by atoms with van der Waals surface area (Å²) in [5.74, 6) is 0.992. The van der Waals surface area contributed by atoms with Crippen molar-refractivity contribution in [1.29, 1.82) is 0 Å². The van der Waals surface area contributed by atoms with Gasteiger partial charge in [-0.25, -0.2) is 4.98 Å². The first kappa shape index (κ1) is 16.8. The van der Waals surface area contributed by atoms with Gasteiger partial charge in [0.1, 0.15) is 5.82 Å². The first-order valence-corrected chi connectivity index (χ1v) is 9.50. The fourth-order valence-electron chi connectivity index (χ4n) is 4.31. The van der Waals surface area contributed by atoms with Gasteiger partial charge in [0.15, 0.2) is 0 Å². The largest absolute Gasteiger partial charge is 0.390 e. The fraction of sp³-hybridized carbons (Fsp3) is 0.684. The molecule has 3 saturated heterocycles. The standard InChI is InChI=1S/C19H27N3O3/c23-16-4-3-13-25-19(16)7-11-21(12-8-19)17-6-5-15(14-20-17)18(24)22-9-1-2-10-22/h5-6,14,16,23H,1-4,7-13H2. The Kier molecular flexibility index (Phi) is 4.65. The average Bonchev–Trinajstić information content (AvgIpc) is 3.19. The number of rotatable bonds is 2. The van der Waals surface area contributed by atoms with E-state index in [1.54, 1.807) is 6.20 Å². The van der Waals surface area contributed by atoms with Gasteiger partial charge in [-0.3, -0.25) is 4.79 Å². The molecule has 6 nitrogen and oxygen atoms in total. The summed E-state index contributed by atoms with van der Waals surface area (Å²) in [6.45, 7) is 4.11. The highest BCUT2D eigenvalue weighted by Gasteiger charge is 2.43. The molecule has 1 spiro atoms. The minimum atomic E-state index is -0.361. The molecule has 0 radical (unpaired) electrons. The molecule has 1 aromatic rings. The van der Waals surface area contributed by atoms with Crippen LogP contribution in [-0.4, -0.2) is 65.4 Å². The maximum atomic E-state index is 12.4. The number of likely N-dealkylation sites (tertiary alicyclic amines) is 1. The van der Waals surface area contributed by atoms with Gasteiger partial charge in [-0.05, 0) is 50.7 Å². The Bertz CT molecular complexity index is 605. The lowest BCUT2D eigenvalue weighted by molar-refractivity contribution is -0.164. The third-order valence-corrected chi connectivity index (χ3v) is 5.94. The van der Waals surface area contributed by atoms with E-state index in [-0.39, 0.29) is 17.6 Å². The maximum absolute atomic E-state index is 12.4. The van der Waals surface area contributed by atoms with E-state index in [4.69, 9.17) is 4.74 Å². The molecule has 0 bridgehead atoms. The van der Waals surface area contributed by atoms with Crippen molar-refractivity contribution in [2.45, 2.75) is 50.2 Å². The van der Waals surface area contributed by atoms with Crippen LogP contribution in [0.15, 0.2) is 18.3 Å². The van der Waals surface area contributed by atoms with Crippen molar-refractivity contribution >= 4 is 11.7 Å². The van der Waals surface area contributed by atoms with Gasteiger partial charge < -0.3 is 19.6 Å². The Hall–Kier alpha value is -1.66. The Labute approximate surface area is 148 Å². The molecule has 0 aliphatic carbocycles. The van der Waals surface area contributed by atoms with Crippen molar-refractivity contribution in [3.05, 3.63) is 23.9 Å². The molecule has 0 aromatic carbocycles. The van der Waals surface area contributed by atoms with Crippen molar-refractivity contribution in [1.82, 2.24) is 9.88 Å². The highest BCUT2D eigenvalue weighted by Crippen LogP contribution is 2.36. The number of pyridine rings is 1. The number of aliphatic hydroxyl groups is 1. The number of hydrogen-bond donors (Lipinski definition) is 1. The van der Waals surface area contributed by atoms with Crippen LogP contribution in [0.2, 0.25) is 0 Å². The van der Waals surface area contributed by atoms with E-state index in [0.29, 0.717) is 5.56 Å². The van der Waals surface area contributed by atoms with Gasteiger partial charge in [-0.15, -0.1) is 0 Å². The number of aliphatic hydroxyl groups excluding tert-OH is 1. The molecule has 3 aliphatic rings. The molecule has 1 aromatic heterocycles. The molecule has 1 N–H and O–H groups in total. The van der Waals surface area contributed by atoms with Crippen LogP contribution >= 0.6 is 0 Å². The molecule has 4 rings (SSSR count). The van der Waals surface area contributed by atoms with E-state index < -0.39 is 0 Å². The highest BCUT2D eigenvalue weighted by atomic mass is 16.5. The molecular weight excluding hydrogens is 318 g/mol. The summed E-state index contributed by atoms with van der Waals surface area (Å²) in [6.07, 6.45) is 6.98. The monoisotopic (exact) mass is 345 g/mol. The van der Waals surface area contributed by atoms with Crippen molar-refractivity contribution in [2.24, 2.45) is 0 Å². The van der Waals surface area contributed by atoms with Crippen LogP contribution in [0.5, 0.6) is 0 Å². The summed E-state index contributed by atoms with van der Waals surface area (Å²) in [6, 6.07) is 3.83. The normalized spacial score (nSPS) is 26.2. The van der Waals surface area contributed by atoms with Gasteiger partial charge >= 0.3 is 0 Å². The van der Waals surface area contributed by atoms with Crippen LogP contribution in [0.4, 0.5) is 5.82 Å². The van der Waals surface area contributed by atoms with Crippen LogP contribution in [0, 0.1) is 0 Å². The molecule has 3 aliphatic heterocycles. The van der Waals surface area contributed by atoms with Gasteiger partial charge in [0.05, 0.1) is 17.3 Å². The van der Waals surface area contributed by atoms with E-state index in [1.165, 1.54) is 0 Å². The van der Waals surface area contributed by atoms with Crippen LogP contribution in [0.3, 0.4) is 0 Å². The van der Waals surface area contributed by atoms with E-state index >= 15 is 0 Å². The quantitative estimate of drug-likeness (QED) is 0.886. The Morgan fingerprint density at radius 2 is 1.92 bits per heavy atom. The molecule has 1 atom stereocenters. The molecule has 136 valence electrons. The molecule has 0 saturated carbocycles. The minimum absolute atomic E-state index is 0.0906. The SMILES string of the molecule is O=C(c1ccc(N2CCC3(CC2)OCCCC3O)nc1)N1CCCC1. The molecular formula is C19H27N3O3. The summed E-state index contributed by atoms with van der Waals surface area (Å²) in [5.41, 5.74) is 0.311. The van der Waals surface area contributed by atoms with Crippen LogP contribution < -0.4 is 4.90 Å². The molecule has 1 amide bonds. The highest BCUT2D eigenvalue weighted by molar-refractivity contribution is 5.94. The first-order valence-electron chi connectivity index (χ1n) is 9.50. The molecule has 1 unspecified atom stereocenters. The zero-order valence-electron chi connectivity index (χ0n) is 14.7. The number of hydrogen-bond acceptors (Lipinski definition) is 5. The second kappa shape index (κ2) is 6.92. The number of piperidine rings is 1. The average molecular weight is 345 g/mol. The van der Waals surface area contributed by atoms with Gasteiger partial charge in [-0.1, -0.05) is 0 Å². The number of carbonyl (C=O) groups excluding carboxylic acids is 1. The van der Waals surface area contributed by atoms with Crippen LogP contribution in [0.25, 0.3) is 0 Å². The Morgan fingerprint density at radius 1 is 1.16 bits per heavy atom. The van der Waals surface area contributed by atoms with Gasteiger partial charge in [-0.2, -0.15) is 0 Å². The maximum Gasteiger partial charge on any atom is 0.255 e. The van der Waals surface area contributed by atoms with Crippen LogP contribution in [0.1, 0.15) is 48.9 Å². The summed E-state index contributed by atoms with van der Waals surface area (Å²) in [5, 5.41) is 10.3. The zero-order chi connectivity index (χ0) is 17.3. The fourth-order valence-corrected chi connectivity index (χ4v) is 4.31. The number of carbonyl (C=O) groups is 1. The van der Waals surface area contributed by atoms with Gasteiger partial charge in [0.25, 0.3) is 5.91 Å². The number of amides is 1. The summed E-state index contributed by atoms with van der Waals surface area (Å²) in [4.78, 5) is 21.1. The van der Waals surface area contributed by atoms with Crippen molar-refractivity contribution in [3.8, 4) is 0 Å². The molecule has 6 heteroatoms. The lowest BCUT2D eigenvalue weighted by Crippen LogP contribution is -2.55. The number of anilines is 1. The van der Waals surface area contributed by atoms with Gasteiger partial charge in [0.2, 0.25) is 0 Å². The second-order valence-electron chi connectivity index (χ2n) is 7.46. The van der Waals surface area contributed by atoms with Crippen molar-refractivity contribution < 1.29 is 14.6 Å². The first-order chi connectivity index (χ1) is 12.2. The second-order valence-corrected chi connectivity index (χ2v) is 7.46. The predicted octanol–water partition coefficient (Wildman–Crippen LogP) is 1.83. The number of aromatic nitrogens is 1. The molecule has 25 heavy (non-hydrogen) atoms. The van der Waals surface area contributed by atoms with Crippen molar-refractivity contribution in [2.75, 3.05) is 37.7 Å². The van der Waals surface area contributed by atoms with Crippen LogP contribution in [-0.2, 0) is 4.74 Å².